The summed E-state index contributed by atoms with van der Waals surface area (Å²) in [5.74, 6) is 1.16. The first kappa shape index (κ1) is 35.0. The van der Waals surface area contributed by atoms with Crippen LogP contribution in [-0.4, -0.2) is 30.9 Å². The number of carbonyl (C=O) groups is 1. The maximum absolute atomic E-state index is 14.3. The van der Waals surface area contributed by atoms with E-state index >= 15 is 0 Å². The molecule has 0 saturated heterocycles. The van der Waals surface area contributed by atoms with Crippen LogP contribution in [0.2, 0.25) is 5.02 Å². The van der Waals surface area contributed by atoms with E-state index in [9.17, 15) is 9.59 Å². The molecule has 252 valence electrons. The highest BCUT2D eigenvalue weighted by Gasteiger charge is 2.36. The van der Waals surface area contributed by atoms with Gasteiger partial charge in [-0.25, -0.2) is 9.79 Å². The molecule has 1 atom stereocenters. The van der Waals surface area contributed by atoms with E-state index in [1.165, 1.54) is 28.0 Å². The van der Waals surface area contributed by atoms with Crippen LogP contribution in [0.3, 0.4) is 0 Å². The second-order valence-corrected chi connectivity index (χ2v) is 13.1. The third-order valence-corrected chi connectivity index (χ3v) is 9.37. The predicted octanol–water partition coefficient (Wildman–Crippen LogP) is 7.14. The van der Waals surface area contributed by atoms with E-state index in [0.717, 1.165) is 17.5 Å². The molecule has 0 saturated carbocycles. The summed E-state index contributed by atoms with van der Waals surface area (Å²) in [6.45, 7) is 13.0. The second kappa shape index (κ2) is 15.3. The highest BCUT2D eigenvalue weighted by atomic mass is 35.5. The van der Waals surface area contributed by atoms with Crippen molar-refractivity contribution in [2.45, 2.75) is 67.0 Å². The molecule has 0 spiro atoms. The van der Waals surface area contributed by atoms with Crippen LogP contribution in [0.1, 0.15) is 73.0 Å². The number of hydrogen-bond donors (Lipinski definition) is 0. The number of methoxy groups -OCH3 is 1. The molecule has 0 amide bonds. The van der Waals surface area contributed by atoms with Crippen molar-refractivity contribution in [2.24, 2.45) is 4.99 Å². The van der Waals surface area contributed by atoms with Gasteiger partial charge in [0.05, 0.1) is 36.1 Å². The summed E-state index contributed by atoms with van der Waals surface area (Å²) in [7, 11) is 1.55. The SMILES string of the molecule is CCCC1=C(C(=O)OCC)[C@@H](c2cc(Cl)ccc2OC)n2c(s/c(=C/c3ccc(OCc4c(C)cc(C)cc4C)c(OCC)c3)c2=O)=N1. The molecule has 3 aromatic carbocycles. The molecule has 1 aromatic heterocycles. The smallest absolute Gasteiger partial charge is 0.338 e. The number of hydrogen-bond acceptors (Lipinski definition) is 8. The number of aryl methyl sites for hydroxylation is 3. The summed E-state index contributed by atoms with van der Waals surface area (Å²) in [5, 5.41) is 0.448. The van der Waals surface area contributed by atoms with Crippen LogP contribution >= 0.6 is 22.9 Å². The monoisotopic (exact) mass is 688 g/mol. The standard InChI is InChI=1S/C38H41ClN2O6S/c1-8-11-29-34(37(43)46-10-3)35(27-20-26(39)13-15-30(27)44-7)41-36(42)33(48-38(41)40-29)19-25-12-14-31(32(18-25)45-9-2)47-21-28-23(5)16-22(4)17-24(28)6/h12-20,35H,8-11,21H2,1-7H3/b33-19+/t35-/m1/s1. The first-order chi connectivity index (χ1) is 23.1. The molecule has 0 unspecified atom stereocenters. The molecule has 2 heterocycles. The molecule has 4 aromatic rings. The van der Waals surface area contributed by atoms with Crippen molar-refractivity contribution in [3.05, 3.63) is 118 Å². The average molecular weight is 689 g/mol. The maximum Gasteiger partial charge on any atom is 0.338 e. The van der Waals surface area contributed by atoms with Crippen molar-refractivity contribution in [3.63, 3.8) is 0 Å². The number of esters is 1. The predicted molar refractivity (Wildman–Crippen MR) is 190 cm³/mol. The number of ether oxygens (including phenoxy) is 4. The van der Waals surface area contributed by atoms with Crippen LogP contribution in [0.25, 0.3) is 6.08 Å². The fraction of sp³-hybridized carbons (Fsp3) is 0.342. The minimum absolute atomic E-state index is 0.178. The third-order valence-electron chi connectivity index (χ3n) is 8.16. The number of thiazole rings is 1. The molecule has 8 nitrogen and oxygen atoms in total. The lowest BCUT2D eigenvalue weighted by atomic mass is 9.93. The lowest BCUT2D eigenvalue weighted by Gasteiger charge is -2.27. The molecule has 0 bridgehead atoms. The van der Waals surface area contributed by atoms with Crippen LogP contribution in [0.15, 0.2) is 69.6 Å². The van der Waals surface area contributed by atoms with E-state index in [1.54, 1.807) is 36.8 Å². The lowest BCUT2D eigenvalue weighted by molar-refractivity contribution is -0.139. The van der Waals surface area contributed by atoms with Crippen LogP contribution in [0.4, 0.5) is 0 Å². The van der Waals surface area contributed by atoms with Crippen molar-refractivity contribution >= 4 is 35.0 Å². The van der Waals surface area contributed by atoms with Crippen molar-refractivity contribution < 1.29 is 23.7 Å². The first-order valence-electron chi connectivity index (χ1n) is 16.1. The quantitative estimate of drug-likeness (QED) is 0.147. The van der Waals surface area contributed by atoms with Gasteiger partial charge in [-0.2, -0.15) is 0 Å². The number of allylic oxidation sites excluding steroid dienone is 1. The number of aromatic nitrogens is 1. The highest BCUT2D eigenvalue weighted by Crippen LogP contribution is 2.38. The normalized spacial score (nSPS) is 14.4. The van der Waals surface area contributed by atoms with E-state index in [-0.39, 0.29) is 12.2 Å². The van der Waals surface area contributed by atoms with E-state index in [0.29, 0.717) is 68.1 Å². The van der Waals surface area contributed by atoms with Gasteiger partial charge < -0.3 is 18.9 Å². The van der Waals surface area contributed by atoms with Gasteiger partial charge in [-0.1, -0.05) is 60.0 Å². The Bertz CT molecular complexity index is 2040. The summed E-state index contributed by atoms with van der Waals surface area (Å²) in [6.07, 6.45) is 3.08. The van der Waals surface area contributed by atoms with Gasteiger partial charge in [-0.05, 0) is 99.7 Å². The number of fused-ring (bicyclic) bond motifs is 1. The number of nitrogens with zero attached hydrogens (tertiary/aromatic N) is 2. The van der Waals surface area contributed by atoms with Gasteiger partial charge in [-0.15, -0.1) is 0 Å². The molecule has 1 aliphatic heterocycles. The average Bonchev–Trinajstić information content (AvgIpc) is 3.35. The number of halogens is 1. The molecule has 48 heavy (non-hydrogen) atoms. The third kappa shape index (κ3) is 7.22. The van der Waals surface area contributed by atoms with Crippen molar-refractivity contribution in [2.75, 3.05) is 20.3 Å². The zero-order chi connectivity index (χ0) is 34.5. The molecule has 5 rings (SSSR count). The Morgan fingerprint density at radius 2 is 1.69 bits per heavy atom. The Hall–Kier alpha value is -4.34. The molecule has 0 N–H and O–H groups in total. The van der Waals surface area contributed by atoms with Gasteiger partial charge in [-0.3, -0.25) is 9.36 Å². The van der Waals surface area contributed by atoms with Crippen molar-refractivity contribution in [3.8, 4) is 17.2 Å². The topological polar surface area (TPSA) is 88.4 Å². The van der Waals surface area contributed by atoms with Crippen LogP contribution in [-0.2, 0) is 16.1 Å². The Morgan fingerprint density at radius 1 is 0.958 bits per heavy atom. The van der Waals surface area contributed by atoms with Gasteiger partial charge in [0, 0.05) is 10.6 Å². The molecule has 10 heteroatoms. The zero-order valence-electron chi connectivity index (χ0n) is 28.4. The fourth-order valence-electron chi connectivity index (χ4n) is 6.07. The first-order valence-corrected chi connectivity index (χ1v) is 17.3. The van der Waals surface area contributed by atoms with E-state index in [2.05, 4.69) is 32.9 Å². The Morgan fingerprint density at radius 3 is 2.35 bits per heavy atom. The fourth-order valence-corrected chi connectivity index (χ4v) is 7.28. The van der Waals surface area contributed by atoms with Crippen molar-refractivity contribution in [1.82, 2.24) is 4.57 Å². The molecule has 1 aliphatic rings. The second-order valence-electron chi connectivity index (χ2n) is 11.6. The zero-order valence-corrected chi connectivity index (χ0v) is 30.0. The van der Waals surface area contributed by atoms with Gasteiger partial charge in [0.25, 0.3) is 5.56 Å². The van der Waals surface area contributed by atoms with E-state index < -0.39 is 12.0 Å². The van der Waals surface area contributed by atoms with Gasteiger partial charge in [0.1, 0.15) is 18.4 Å². The van der Waals surface area contributed by atoms with Gasteiger partial charge >= 0.3 is 5.97 Å². The van der Waals surface area contributed by atoms with Gasteiger partial charge in [0.2, 0.25) is 0 Å². The Kier molecular flexibility index (Phi) is 11.1. The van der Waals surface area contributed by atoms with Gasteiger partial charge in [0.15, 0.2) is 16.3 Å². The summed E-state index contributed by atoms with van der Waals surface area (Å²) in [6, 6.07) is 14.3. The van der Waals surface area contributed by atoms with Crippen LogP contribution in [0, 0.1) is 20.8 Å². The Balaban J connectivity index is 1.62. The summed E-state index contributed by atoms with van der Waals surface area (Å²) in [4.78, 5) is 33.1. The Labute approximate surface area is 289 Å². The largest absolute Gasteiger partial charge is 0.496 e. The highest BCUT2D eigenvalue weighted by molar-refractivity contribution is 7.07. The van der Waals surface area contributed by atoms with Crippen LogP contribution in [0.5, 0.6) is 17.2 Å². The molecular formula is C38H41ClN2O6S. The molecular weight excluding hydrogens is 648 g/mol. The minimum atomic E-state index is -0.846. The summed E-state index contributed by atoms with van der Waals surface area (Å²) >= 11 is 7.73. The molecule has 0 aliphatic carbocycles. The van der Waals surface area contributed by atoms with E-state index in [4.69, 9.17) is 35.5 Å². The minimum Gasteiger partial charge on any atom is -0.496 e. The van der Waals surface area contributed by atoms with Crippen molar-refractivity contribution in [1.29, 1.82) is 0 Å². The number of benzene rings is 3. The number of rotatable bonds is 12. The number of carbonyl (C=O) groups excluding carboxylic acids is 1. The molecule has 0 radical (unpaired) electrons. The summed E-state index contributed by atoms with van der Waals surface area (Å²) in [5.41, 5.74) is 6.63. The van der Waals surface area contributed by atoms with E-state index in [1.807, 2.05) is 38.1 Å². The maximum atomic E-state index is 14.3. The van der Waals surface area contributed by atoms with Crippen LogP contribution < -0.4 is 29.1 Å². The summed E-state index contributed by atoms with van der Waals surface area (Å²) < 4.78 is 25.4. The molecule has 0 fully saturated rings. The lowest BCUT2D eigenvalue weighted by Crippen LogP contribution is -2.40.